The summed E-state index contributed by atoms with van der Waals surface area (Å²) in [6, 6.07) is 4.93. The van der Waals surface area contributed by atoms with E-state index in [1.165, 1.54) is 12.3 Å². The van der Waals surface area contributed by atoms with E-state index in [0.717, 1.165) is 5.56 Å². The van der Waals surface area contributed by atoms with Crippen molar-refractivity contribution in [2.45, 2.75) is 6.92 Å². The molecule has 14 heavy (non-hydrogen) atoms. The Morgan fingerprint density at radius 2 is 2.21 bits per heavy atom. The molecule has 0 unspecified atom stereocenters. The summed E-state index contributed by atoms with van der Waals surface area (Å²) in [6.07, 6.45) is 1.41. The third kappa shape index (κ3) is 1.46. The van der Waals surface area contributed by atoms with E-state index in [4.69, 9.17) is 10.2 Å². The van der Waals surface area contributed by atoms with Crippen LogP contribution in [-0.2, 0) is 0 Å². The van der Waals surface area contributed by atoms with Gasteiger partial charge >= 0.3 is 0 Å². The van der Waals surface area contributed by atoms with Crippen molar-refractivity contribution in [3.8, 4) is 11.3 Å². The smallest absolute Gasteiger partial charge is 0.292 e. The Bertz CT molecular complexity index is 465. The maximum absolute atomic E-state index is 13.4. The highest BCUT2D eigenvalue weighted by Gasteiger charge is 2.09. The molecule has 0 fully saturated rings. The zero-order chi connectivity index (χ0) is 10.1. The highest BCUT2D eigenvalue weighted by atomic mass is 19.1. The van der Waals surface area contributed by atoms with E-state index in [1.807, 2.05) is 6.92 Å². The predicted molar refractivity (Wildman–Crippen MR) is 51.0 cm³/mol. The first-order valence-corrected chi connectivity index (χ1v) is 4.14. The third-order valence-corrected chi connectivity index (χ3v) is 1.91. The minimum atomic E-state index is -0.332. The van der Waals surface area contributed by atoms with Gasteiger partial charge in [0.2, 0.25) is 0 Å². The van der Waals surface area contributed by atoms with Crippen molar-refractivity contribution in [1.82, 2.24) is 4.98 Å². The number of nitrogens with zero attached hydrogens (tertiary/aromatic N) is 1. The summed E-state index contributed by atoms with van der Waals surface area (Å²) < 4.78 is 18.4. The molecule has 2 aromatic rings. The molecule has 2 N–H and O–H groups in total. The average Bonchev–Trinajstić information content (AvgIpc) is 2.51. The molecule has 0 aliphatic carbocycles. The second-order valence-electron chi connectivity index (χ2n) is 3.05. The quantitative estimate of drug-likeness (QED) is 0.754. The number of hydrogen-bond acceptors (Lipinski definition) is 3. The molecule has 3 nitrogen and oxygen atoms in total. The standard InChI is InChI=1S/C10H9FN2O/c1-6-2-3-7(8(11)4-6)9-5-13-10(12)14-9/h2-5H,1H3,(H2,12,13). The van der Waals surface area contributed by atoms with Crippen LogP contribution in [0, 0.1) is 12.7 Å². The van der Waals surface area contributed by atoms with E-state index in [-0.39, 0.29) is 11.8 Å². The van der Waals surface area contributed by atoms with Gasteiger partial charge in [-0.15, -0.1) is 0 Å². The van der Waals surface area contributed by atoms with Gasteiger partial charge in [-0.1, -0.05) is 6.07 Å². The second kappa shape index (κ2) is 3.14. The van der Waals surface area contributed by atoms with Gasteiger partial charge in [-0.3, -0.25) is 0 Å². The fourth-order valence-electron chi connectivity index (χ4n) is 1.23. The van der Waals surface area contributed by atoms with Gasteiger partial charge in [0, 0.05) is 0 Å². The van der Waals surface area contributed by atoms with Crippen LogP contribution in [0.1, 0.15) is 5.56 Å². The van der Waals surface area contributed by atoms with E-state index in [9.17, 15) is 4.39 Å². The highest BCUT2D eigenvalue weighted by Crippen LogP contribution is 2.24. The van der Waals surface area contributed by atoms with Gasteiger partial charge in [0.1, 0.15) is 5.82 Å². The lowest BCUT2D eigenvalue weighted by Gasteiger charge is -1.99. The molecule has 4 heteroatoms. The minimum absolute atomic E-state index is 0.0416. The van der Waals surface area contributed by atoms with E-state index in [1.54, 1.807) is 12.1 Å². The van der Waals surface area contributed by atoms with Crippen molar-refractivity contribution in [1.29, 1.82) is 0 Å². The summed E-state index contributed by atoms with van der Waals surface area (Å²) >= 11 is 0. The van der Waals surface area contributed by atoms with Gasteiger partial charge < -0.3 is 10.2 Å². The number of halogens is 1. The first kappa shape index (κ1) is 8.74. The van der Waals surface area contributed by atoms with Gasteiger partial charge in [-0.25, -0.2) is 9.37 Å². The number of hydrogen-bond donors (Lipinski definition) is 1. The lowest BCUT2D eigenvalue weighted by atomic mass is 10.1. The van der Waals surface area contributed by atoms with Crippen LogP contribution in [0.5, 0.6) is 0 Å². The molecule has 1 aromatic heterocycles. The molecule has 1 heterocycles. The van der Waals surface area contributed by atoms with Gasteiger partial charge in [0.05, 0.1) is 11.8 Å². The summed E-state index contributed by atoms with van der Waals surface area (Å²) in [4.78, 5) is 3.70. The number of oxazole rings is 1. The molecule has 72 valence electrons. The number of benzene rings is 1. The van der Waals surface area contributed by atoms with Crippen molar-refractivity contribution >= 4 is 6.01 Å². The van der Waals surface area contributed by atoms with Crippen LogP contribution in [0.25, 0.3) is 11.3 Å². The van der Waals surface area contributed by atoms with Crippen molar-refractivity contribution < 1.29 is 8.81 Å². The van der Waals surface area contributed by atoms with Gasteiger partial charge in [0.25, 0.3) is 6.01 Å². The molecule has 0 radical (unpaired) electrons. The molecule has 0 aliphatic heterocycles. The van der Waals surface area contributed by atoms with Crippen LogP contribution in [0.15, 0.2) is 28.8 Å². The Kier molecular flexibility index (Phi) is 1.96. The number of nitrogens with two attached hydrogens (primary N) is 1. The fourth-order valence-corrected chi connectivity index (χ4v) is 1.23. The molecule has 0 atom stereocenters. The van der Waals surface area contributed by atoms with Gasteiger partial charge in [-0.2, -0.15) is 0 Å². The molecule has 1 aromatic carbocycles. The Hall–Kier alpha value is -1.84. The summed E-state index contributed by atoms with van der Waals surface area (Å²) in [5.74, 6) is 0.0150. The lowest BCUT2D eigenvalue weighted by Crippen LogP contribution is -1.83. The van der Waals surface area contributed by atoms with Crippen LogP contribution in [0.4, 0.5) is 10.4 Å². The first-order valence-electron chi connectivity index (χ1n) is 4.14. The van der Waals surface area contributed by atoms with Gasteiger partial charge in [0.15, 0.2) is 5.76 Å². The second-order valence-corrected chi connectivity index (χ2v) is 3.05. The zero-order valence-corrected chi connectivity index (χ0v) is 7.62. The number of anilines is 1. The Balaban J connectivity index is 2.52. The summed E-state index contributed by atoms with van der Waals surface area (Å²) in [6.45, 7) is 1.82. The molecule has 2 rings (SSSR count). The van der Waals surface area contributed by atoms with Crippen molar-refractivity contribution in [3.63, 3.8) is 0 Å². The molecule has 0 saturated carbocycles. The molecule has 0 aliphatic rings. The monoisotopic (exact) mass is 192 g/mol. The maximum atomic E-state index is 13.4. The summed E-state index contributed by atoms with van der Waals surface area (Å²) in [7, 11) is 0. The largest absolute Gasteiger partial charge is 0.424 e. The number of aromatic nitrogens is 1. The zero-order valence-electron chi connectivity index (χ0n) is 7.62. The van der Waals surface area contributed by atoms with E-state index in [2.05, 4.69) is 4.98 Å². The Morgan fingerprint density at radius 3 is 2.79 bits per heavy atom. The SMILES string of the molecule is Cc1ccc(-c2cnc(N)o2)c(F)c1. The molecule has 0 amide bonds. The van der Waals surface area contributed by atoms with Crippen molar-refractivity contribution in [3.05, 3.63) is 35.8 Å². The molecule has 0 bridgehead atoms. The Morgan fingerprint density at radius 1 is 1.43 bits per heavy atom. The van der Waals surface area contributed by atoms with Crippen molar-refractivity contribution in [2.75, 3.05) is 5.73 Å². The lowest BCUT2D eigenvalue weighted by molar-refractivity contribution is 0.579. The summed E-state index contributed by atoms with van der Waals surface area (Å²) in [5.41, 5.74) is 6.53. The van der Waals surface area contributed by atoms with Crippen molar-refractivity contribution in [2.24, 2.45) is 0 Å². The summed E-state index contributed by atoms with van der Waals surface area (Å²) in [5, 5.41) is 0. The topological polar surface area (TPSA) is 52.0 Å². The van der Waals surface area contributed by atoms with Crippen LogP contribution < -0.4 is 5.73 Å². The van der Waals surface area contributed by atoms with Crippen LogP contribution >= 0.6 is 0 Å². The van der Waals surface area contributed by atoms with E-state index < -0.39 is 0 Å². The van der Waals surface area contributed by atoms with Crippen LogP contribution in [0.2, 0.25) is 0 Å². The van der Waals surface area contributed by atoms with Gasteiger partial charge in [-0.05, 0) is 24.6 Å². The number of nitrogen functional groups attached to an aromatic ring is 1. The molecular weight excluding hydrogens is 183 g/mol. The minimum Gasteiger partial charge on any atom is -0.424 e. The molecule has 0 saturated heterocycles. The van der Waals surface area contributed by atoms with E-state index in [0.29, 0.717) is 11.3 Å². The van der Waals surface area contributed by atoms with Crippen LogP contribution in [0.3, 0.4) is 0 Å². The number of rotatable bonds is 1. The van der Waals surface area contributed by atoms with Crippen LogP contribution in [-0.4, -0.2) is 4.98 Å². The predicted octanol–water partition coefficient (Wildman–Crippen LogP) is 2.37. The first-order chi connectivity index (χ1) is 6.66. The highest BCUT2D eigenvalue weighted by molar-refractivity contribution is 5.58. The third-order valence-electron chi connectivity index (χ3n) is 1.91. The van der Waals surface area contributed by atoms with E-state index >= 15 is 0 Å². The number of aryl methyl sites for hydroxylation is 1. The fraction of sp³-hybridized carbons (Fsp3) is 0.100. The average molecular weight is 192 g/mol. The molecular formula is C10H9FN2O. The molecule has 0 spiro atoms. The maximum Gasteiger partial charge on any atom is 0.292 e. The Labute approximate surface area is 80.4 Å². The normalized spacial score (nSPS) is 10.4.